The summed E-state index contributed by atoms with van der Waals surface area (Å²) in [6, 6.07) is 0. The molecule has 1 atom stereocenters. The van der Waals surface area contributed by atoms with Gasteiger partial charge >= 0.3 is 0 Å². The number of nitrogens with one attached hydrogen (secondary N) is 3. The van der Waals surface area contributed by atoms with E-state index < -0.39 is 0 Å². The summed E-state index contributed by atoms with van der Waals surface area (Å²) in [6.07, 6.45) is 1.73. The van der Waals surface area contributed by atoms with Gasteiger partial charge in [-0.25, -0.2) is 10.4 Å². The summed E-state index contributed by atoms with van der Waals surface area (Å²) in [6.45, 7) is 0. The lowest BCUT2D eigenvalue weighted by atomic mass is 10.2. The highest BCUT2D eigenvalue weighted by Crippen LogP contribution is 2.07. The summed E-state index contributed by atoms with van der Waals surface area (Å²) in [5.41, 5.74) is 12.2. The van der Waals surface area contributed by atoms with Gasteiger partial charge in [0.2, 0.25) is 0 Å². The second-order valence-corrected chi connectivity index (χ2v) is 2.65. The number of thiocarbonyl (C=S) groups is 1. The lowest BCUT2D eigenvalue weighted by Crippen LogP contribution is -2.50. The van der Waals surface area contributed by atoms with Gasteiger partial charge in [-0.15, -0.1) is 0 Å². The predicted molar refractivity (Wildman–Crippen MR) is 45.5 cm³/mol. The van der Waals surface area contributed by atoms with Gasteiger partial charge in [-0.05, 0) is 12.2 Å². The average molecular weight is 169 g/mol. The number of aliphatic imine (C=N–C) groups is 1. The number of hydrazine groups is 1. The fourth-order valence-electron chi connectivity index (χ4n) is 1.03. The third-order valence-corrected chi connectivity index (χ3v) is 1.76. The van der Waals surface area contributed by atoms with E-state index in [2.05, 4.69) is 21.2 Å². The van der Waals surface area contributed by atoms with Crippen molar-refractivity contribution in [3.63, 3.8) is 0 Å². The zero-order valence-electron chi connectivity index (χ0n) is 5.59. The van der Waals surface area contributed by atoms with Crippen molar-refractivity contribution in [3.05, 3.63) is 11.8 Å². The Hall–Kier alpha value is -1.14. The monoisotopic (exact) mass is 169 g/mol. The molecule has 2 aliphatic rings. The van der Waals surface area contributed by atoms with Crippen LogP contribution in [-0.2, 0) is 0 Å². The van der Waals surface area contributed by atoms with Gasteiger partial charge in [0.15, 0.2) is 5.11 Å². The molecule has 0 amide bonds. The average Bonchev–Trinajstić information content (AvgIpc) is 2.34. The van der Waals surface area contributed by atoms with Gasteiger partial charge in [0.05, 0.1) is 0 Å². The highest BCUT2D eigenvalue weighted by atomic mass is 32.1. The first-order valence-corrected chi connectivity index (χ1v) is 3.54. The molecule has 2 rings (SSSR count). The molecule has 0 radical (unpaired) electrons. The van der Waals surface area contributed by atoms with E-state index in [1.54, 1.807) is 6.20 Å². The Morgan fingerprint density at radius 1 is 1.64 bits per heavy atom. The van der Waals surface area contributed by atoms with Crippen LogP contribution in [0.4, 0.5) is 0 Å². The van der Waals surface area contributed by atoms with Gasteiger partial charge in [-0.2, -0.15) is 0 Å². The van der Waals surface area contributed by atoms with Gasteiger partial charge in [0.25, 0.3) is 0 Å². The highest BCUT2D eigenvalue weighted by molar-refractivity contribution is 7.80. The molecule has 1 unspecified atom stereocenters. The molecule has 5 N–H and O–H groups in total. The predicted octanol–water partition coefficient (Wildman–Crippen LogP) is -1.45. The maximum atomic E-state index is 5.58. The smallest absolute Gasteiger partial charge is 0.196 e. The molecule has 6 heteroatoms. The first-order valence-electron chi connectivity index (χ1n) is 3.13. The number of amidine groups is 1. The first kappa shape index (κ1) is 6.56. The van der Waals surface area contributed by atoms with Crippen LogP contribution in [-0.4, -0.2) is 17.1 Å². The number of nitrogens with zero attached hydrogens (tertiary/aromatic N) is 1. The van der Waals surface area contributed by atoms with Crippen molar-refractivity contribution >= 4 is 23.2 Å². The summed E-state index contributed by atoms with van der Waals surface area (Å²) in [7, 11) is 0. The van der Waals surface area contributed by atoms with E-state index >= 15 is 0 Å². The molecule has 0 aromatic rings. The first-order chi connectivity index (χ1) is 5.27. The summed E-state index contributed by atoms with van der Waals surface area (Å²) in [5, 5.41) is 3.35. The van der Waals surface area contributed by atoms with Crippen molar-refractivity contribution in [2.24, 2.45) is 10.7 Å². The van der Waals surface area contributed by atoms with Crippen molar-refractivity contribution in [3.8, 4) is 0 Å². The van der Waals surface area contributed by atoms with Crippen LogP contribution in [0.5, 0.6) is 0 Å². The van der Waals surface area contributed by atoms with Crippen LogP contribution in [0.25, 0.3) is 0 Å². The third-order valence-electron chi connectivity index (χ3n) is 1.55. The van der Waals surface area contributed by atoms with E-state index in [-0.39, 0.29) is 6.17 Å². The molecule has 0 saturated heterocycles. The second kappa shape index (κ2) is 2.18. The molecule has 5 nitrogen and oxygen atoms in total. The molecule has 58 valence electrons. The molecule has 0 spiro atoms. The lowest BCUT2D eigenvalue weighted by Gasteiger charge is -2.20. The summed E-state index contributed by atoms with van der Waals surface area (Å²) >= 11 is 4.83. The number of hydrogen-bond acceptors (Lipinski definition) is 4. The van der Waals surface area contributed by atoms with Crippen molar-refractivity contribution in [1.82, 2.24) is 16.2 Å². The van der Waals surface area contributed by atoms with Crippen LogP contribution in [0.15, 0.2) is 16.8 Å². The molecule has 0 saturated carbocycles. The quantitative estimate of drug-likeness (QED) is 0.334. The molecule has 2 heterocycles. The van der Waals surface area contributed by atoms with E-state index in [0.29, 0.717) is 10.9 Å². The fourth-order valence-corrected chi connectivity index (χ4v) is 1.25. The Kier molecular flexibility index (Phi) is 1.30. The van der Waals surface area contributed by atoms with E-state index in [1.165, 1.54) is 0 Å². The minimum atomic E-state index is -0.0278. The Morgan fingerprint density at radius 2 is 2.45 bits per heavy atom. The number of hydrogen-bond donors (Lipinski definition) is 4. The van der Waals surface area contributed by atoms with Crippen molar-refractivity contribution in [2.75, 3.05) is 0 Å². The molecule has 11 heavy (non-hydrogen) atoms. The van der Waals surface area contributed by atoms with E-state index in [9.17, 15) is 0 Å². The van der Waals surface area contributed by atoms with Gasteiger partial charge < -0.3 is 16.5 Å². The molecule has 2 aliphatic heterocycles. The number of nitrogens with two attached hydrogens (primary N) is 1. The second-order valence-electron chi connectivity index (χ2n) is 2.27. The van der Waals surface area contributed by atoms with Gasteiger partial charge in [-0.3, -0.25) is 0 Å². The Morgan fingerprint density at radius 3 is 3.27 bits per heavy atom. The number of rotatable bonds is 0. The zero-order valence-corrected chi connectivity index (χ0v) is 6.40. The summed E-state index contributed by atoms with van der Waals surface area (Å²) in [5.74, 6) is 0.469. The Balaban J connectivity index is 2.36. The van der Waals surface area contributed by atoms with Crippen LogP contribution < -0.4 is 21.9 Å². The summed E-state index contributed by atoms with van der Waals surface area (Å²) in [4.78, 5) is 3.89. The SMILES string of the molecule is NC1=NC(=S)NC2NNC=C12. The Labute approximate surface area is 68.7 Å². The van der Waals surface area contributed by atoms with Crippen LogP contribution in [0.3, 0.4) is 0 Å². The summed E-state index contributed by atoms with van der Waals surface area (Å²) < 4.78 is 0. The topological polar surface area (TPSA) is 74.5 Å². The molecule has 0 fully saturated rings. The zero-order chi connectivity index (χ0) is 7.84. The lowest BCUT2D eigenvalue weighted by molar-refractivity contribution is 0.551. The van der Waals surface area contributed by atoms with Crippen LogP contribution in [0.2, 0.25) is 0 Å². The van der Waals surface area contributed by atoms with Crippen molar-refractivity contribution in [1.29, 1.82) is 0 Å². The van der Waals surface area contributed by atoms with Crippen molar-refractivity contribution < 1.29 is 0 Å². The van der Waals surface area contributed by atoms with E-state index in [1.807, 2.05) is 0 Å². The third kappa shape index (κ3) is 0.958. The molecule has 0 bridgehead atoms. The standard InChI is InChI=1S/C5H7N5S/c6-3-2-1-7-10-4(2)9-5(11)8-3/h1,4,7,10H,(H3,6,8,9,11). The van der Waals surface area contributed by atoms with Crippen LogP contribution >= 0.6 is 12.2 Å². The minimum Gasteiger partial charge on any atom is -0.383 e. The van der Waals surface area contributed by atoms with Crippen LogP contribution in [0, 0.1) is 0 Å². The minimum absolute atomic E-state index is 0.0278. The highest BCUT2D eigenvalue weighted by Gasteiger charge is 2.25. The number of fused-ring (bicyclic) bond motifs is 1. The van der Waals surface area contributed by atoms with Crippen LogP contribution in [0.1, 0.15) is 0 Å². The fraction of sp³-hybridized carbons (Fsp3) is 0.200. The Bertz CT molecular complexity index is 268. The maximum absolute atomic E-state index is 5.58. The molecule has 0 aromatic heterocycles. The van der Waals surface area contributed by atoms with Crippen molar-refractivity contribution in [2.45, 2.75) is 6.17 Å². The molecule has 0 aromatic carbocycles. The normalized spacial score (nSPS) is 28.0. The van der Waals surface area contributed by atoms with E-state index in [0.717, 1.165) is 5.57 Å². The maximum Gasteiger partial charge on any atom is 0.196 e. The van der Waals surface area contributed by atoms with Gasteiger partial charge in [-0.1, -0.05) is 0 Å². The largest absolute Gasteiger partial charge is 0.383 e. The molecular weight excluding hydrogens is 162 g/mol. The van der Waals surface area contributed by atoms with Gasteiger partial charge in [0.1, 0.15) is 12.0 Å². The molecule has 0 aliphatic carbocycles. The van der Waals surface area contributed by atoms with E-state index in [4.69, 9.17) is 18.0 Å². The molecular formula is C5H7N5S. The van der Waals surface area contributed by atoms with Gasteiger partial charge in [0, 0.05) is 11.8 Å².